The highest BCUT2D eigenvalue weighted by Crippen LogP contribution is 2.04. The molecule has 2 rings (SSSR count). The second-order valence-corrected chi connectivity index (χ2v) is 6.08. The number of likely N-dealkylation sites (tertiary alicyclic amines) is 1. The van der Waals surface area contributed by atoms with Gasteiger partial charge in [-0.1, -0.05) is 12.1 Å². The molecule has 2 N–H and O–H groups in total. The van der Waals surface area contributed by atoms with Crippen molar-refractivity contribution in [3.63, 3.8) is 0 Å². The normalized spacial score (nSPS) is 21.9. The van der Waals surface area contributed by atoms with Crippen molar-refractivity contribution in [1.82, 2.24) is 5.32 Å². The molecule has 1 heterocycles. The lowest BCUT2D eigenvalue weighted by Gasteiger charge is -2.30. The standard InChI is InChI=1S/C18H25FN2O/c1-15-5-2-3-13-21(15)14-4-12-20-18(22)11-8-16-6-9-17(19)10-7-16/h6-11,15H,2-5,12-14H2,1H3,(H,20,22)/p+1/b11-8+/t15-/m1/s1. The Morgan fingerprint density at radius 2 is 2.14 bits per heavy atom. The zero-order valence-electron chi connectivity index (χ0n) is 13.3. The smallest absolute Gasteiger partial charge is 0.244 e. The Bertz CT molecular complexity index is 498. The third-order valence-electron chi connectivity index (χ3n) is 4.35. The van der Waals surface area contributed by atoms with Crippen molar-refractivity contribution in [1.29, 1.82) is 0 Å². The molecule has 3 nitrogen and oxygen atoms in total. The molecule has 1 fully saturated rings. The van der Waals surface area contributed by atoms with Crippen LogP contribution in [0.25, 0.3) is 6.08 Å². The van der Waals surface area contributed by atoms with Crippen LogP contribution in [0.4, 0.5) is 4.39 Å². The minimum Gasteiger partial charge on any atom is -0.352 e. The highest BCUT2D eigenvalue weighted by Gasteiger charge is 2.20. The van der Waals surface area contributed by atoms with Crippen molar-refractivity contribution < 1.29 is 14.1 Å². The SMILES string of the molecule is C[C@@H]1CCCC[NH+]1CCCNC(=O)/C=C/c1ccc(F)cc1. The zero-order valence-corrected chi connectivity index (χ0v) is 13.3. The number of carbonyl (C=O) groups excluding carboxylic acids is 1. The first-order valence-corrected chi connectivity index (χ1v) is 8.21. The summed E-state index contributed by atoms with van der Waals surface area (Å²) in [5.74, 6) is -0.359. The van der Waals surface area contributed by atoms with Crippen LogP contribution in [-0.2, 0) is 4.79 Å². The minimum absolute atomic E-state index is 0.0917. The van der Waals surface area contributed by atoms with E-state index in [1.807, 2.05) is 0 Å². The van der Waals surface area contributed by atoms with E-state index in [-0.39, 0.29) is 11.7 Å². The van der Waals surface area contributed by atoms with E-state index < -0.39 is 0 Å². The van der Waals surface area contributed by atoms with Gasteiger partial charge in [0.2, 0.25) is 5.91 Å². The number of nitrogens with one attached hydrogen (secondary N) is 2. The molecule has 0 aromatic heterocycles. The van der Waals surface area contributed by atoms with Gasteiger partial charge in [-0.2, -0.15) is 0 Å². The van der Waals surface area contributed by atoms with Crippen LogP contribution in [0.3, 0.4) is 0 Å². The molecular weight excluding hydrogens is 279 g/mol. The first kappa shape index (κ1) is 16.7. The summed E-state index contributed by atoms with van der Waals surface area (Å²) in [4.78, 5) is 13.4. The molecule has 120 valence electrons. The maximum atomic E-state index is 12.8. The van der Waals surface area contributed by atoms with Crippen molar-refractivity contribution in [3.8, 4) is 0 Å². The summed E-state index contributed by atoms with van der Waals surface area (Å²) in [6.07, 6.45) is 8.22. The van der Waals surface area contributed by atoms with Crippen LogP contribution in [0.15, 0.2) is 30.3 Å². The van der Waals surface area contributed by atoms with E-state index in [9.17, 15) is 9.18 Å². The zero-order chi connectivity index (χ0) is 15.8. The maximum absolute atomic E-state index is 12.8. The van der Waals surface area contributed by atoms with Crippen LogP contribution in [-0.4, -0.2) is 31.6 Å². The minimum atomic E-state index is -0.268. The molecule has 0 saturated carbocycles. The summed E-state index contributed by atoms with van der Waals surface area (Å²) < 4.78 is 12.8. The van der Waals surface area contributed by atoms with E-state index in [1.165, 1.54) is 44.0 Å². The molecule has 0 spiro atoms. The molecule has 0 bridgehead atoms. The fraction of sp³-hybridized carbons (Fsp3) is 0.500. The number of benzene rings is 1. The van der Waals surface area contributed by atoms with Crippen LogP contribution in [0.5, 0.6) is 0 Å². The Balaban J connectivity index is 1.64. The van der Waals surface area contributed by atoms with Gasteiger partial charge in [-0.3, -0.25) is 4.79 Å². The molecule has 2 atom stereocenters. The molecule has 0 radical (unpaired) electrons. The Hall–Kier alpha value is -1.68. The molecule has 1 saturated heterocycles. The number of halogens is 1. The van der Waals surface area contributed by atoms with E-state index in [0.29, 0.717) is 6.54 Å². The third kappa shape index (κ3) is 5.60. The van der Waals surface area contributed by atoms with Gasteiger partial charge in [0.05, 0.1) is 19.1 Å². The first-order chi connectivity index (χ1) is 10.6. The summed E-state index contributed by atoms with van der Waals surface area (Å²) in [6, 6.07) is 6.84. The second kappa shape index (κ2) is 8.69. The third-order valence-corrected chi connectivity index (χ3v) is 4.35. The predicted octanol–water partition coefficient (Wildman–Crippen LogP) is 1.80. The van der Waals surface area contributed by atoms with Crippen molar-refractivity contribution in [2.75, 3.05) is 19.6 Å². The topological polar surface area (TPSA) is 33.5 Å². The van der Waals surface area contributed by atoms with Gasteiger partial charge in [0.15, 0.2) is 0 Å². The lowest BCUT2D eigenvalue weighted by Crippen LogP contribution is -3.16. The highest BCUT2D eigenvalue weighted by atomic mass is 19.1. The highest BCUT2D eigenvalue weighted by molar-refractivity contribution is 5.91. The summed E-state index contributed by atoms with van der Waals surface area (Å²) >= 11 is 0. The van der Waals surface area contributed by atoms with Gasteiger partial charge < -0.3 is 10.2 Å². The fourth-order valence-corrected chi connectivity index (χ4v) is 2.96. The van der Waals surface area contributed by atoms with Crippen LogP contribution in [0.2, 0.25) is 0 Å². The molecule has 1 aliphatic rings. The van der Waals surface area contributed by atoms with Gasteiger partial charge in [0.1, 0.15) is 5.82 Å². The van der Waals surface area contributed by atoms with E-state index >= 15 is 0 Å². The molecule has 1 amide bonds. The average molecular weight is 305 g/mol. The molecule has 1 unspecified atom stereocenters. The Morgan fingerprint density at radius 3 is 2.86 bits per heavy atom. The lowest BCUT2D eigenvalue weighted by molar-refractivity contribution is -0.928. The molecule has 1 aromatic carbocycles. The maximum Gasteiger partial charge on any atom is 0.244 e. The van der Waals surface area contributed by atoms with E-state index in [2.05, 4.69) is 12.2 Å². The first-order valence-electron chi connectivity index (χ1n) is 8.21. The van der Waals surface area contributed by atoms with E-state index in [4.69, 9.17) is 0 Å². The van der Waals surface area contributed by atoms with Gasteiger partial charge in [-0.25, -0.2) is 4.39 Å². The van der Waals surface area contributed by atoms with E-state index in [0.717, 1.165) is 24.6 Å². The Kier molecular flexibility index (Phi) is 6.59. The molecule has 0 aliphatic carbocycles. The molecule has 22 heavy (non-hydrogen) atoms. The van der Waals surface area contributed by atoms with Gasteiger partial charge in [-0.15, -0.1) is 0 Å². The molecular formula is C18H26FN2O+. The predicted molar refractivity (Wildman–Crippen MR) is 87.1 cm³/mol. The fourth-order valence-electron chi connectivity index (χ4n) is 2.96. The monoisotopic (exact) mass is 305 g/mol. The number of hydrogen-bond donors (Lipinski definition) is 2. The second-order valence-electron chi connectivity index (χ2n) is 6.08. The summed E-state index contributed by atoms with van der Waals surface area (Å²) in [5.41, 5.74) is 0.822. The number of quaternary nitrogens is 1. The number of rotatable bonds is 6. The summed E-state index contributed by atoms with van der Waals surface area (Å²) in [5, 5.41) is 2.91. The number of carbonyl (C=O) groups is 1. The van der Waals surface area contributed by atoms with Gasteiger partial charge >= 0.3 is 0 Å². The van der Waals surface area contributed by atoms with Crippen molar-refractivity contribution in [2.24, 2.45) is 0 Å². The van der Waals surface area contributed by atoms with Crippen molar-refractivity contribution >= 4 is 12.0 Å². The Labute approximate surface area is 132 Å². The molecule has 1 aliphatic heterocycles. The quantitative estimate of drug-likeness (QED) is 0.610. The van der Waals surface area contributed by atoms with Gasteiger partial charge in [-0.05, 0) is 50.0 Å². The van der Waals surface area contributed by atoms with Crippen LogP contribution in [0.1, 0.15) is 38.2 Å². The summed E-state index contributed by atoms with van der Waals surface area (Å²) in [7, 11) is 0. The number of amides is 1. The lowest BCUT2D eigenvalue weighted by atomic mass is 10.0. The van der Waals surface area contributed by atoms with Gasteiger partial charge in [0.25, 0.3) is 0 Å². The largest absolute Gasteiger partial charge is 0.352 e. The number of piperidine rings is 1. The molecule has 1 aromatic rings. The number of hydrogen-bond acceptors (Lipinski definition) is 1. The average Bonchev–Trinajstić information content (AvgIpc) is 2.52. The van der Waals surface area contributed by atoms with Gasteiger partial charge in [0, 0.05) is 19.0 Å². The van der Waals surface area contributed by atoms with E-state index in [1.54, 1.807) is 23.1 Å². The van der Waals surface area contributed by atoms with Crippen molar-refractivity contribution in [2.45, 2.75) is 38.6 Å². The van der Waals surface area contributed by atoms with Crippen LogP contribution < -0.4 is 10.2 Å². The van der Waals surface area contributed by atoms with Crippen LogP contribution >= 0.6 is 0 Å². The van der Waals surface area contributed by atoms with Crippen LogP contribution in [0, 0.1) is 5.82 Å². The molecule has 4 heteroatoms. The van der Waals surface area contributed by atoms with Crippen molar-refractivity contribution in [3.05, 3.63) is 41.7 Å². The summed E-state index contributed by atoms with van der Waals surface area (Å²) in [6.45, 7) is 5.42. The Morgan fingerprint density at radius 1 is 1.36 bits per heavy atom.